The number of aromatic nitrogens is 1. The minimum absolute atomic E-state index is 0.283. The summed E-state index contributed by atoms with van der Waals surface area (Å²) in [5.74, 6) is 0. The van der Waals surface area contributed by atoms with Gasteiger partial charge in [-0.05, 0) is 19.4 Å². The molecule has 2 heterocycles. The van der Waals surface area contributed by atoms with Gasteiger partial charge in [0.1, 0.15) is 5.01 Å². The number of nitrogens with zero attached hydrogens (tertiary/aromatic N) is 2. The molecule has 1 aromatic heterocycles. The number of rotatable bonds is 3. The average molecular weight is 198 g/mol. The second-order valence-corrected chi connectivity index (χ2v) is 4.35. The Morgan fingerprint density at radius 2 is 2.62 bits per heavy atom. The lowest BCUT2D eigenvalue weighted by atomic mass is 10.2. The van der Waals surface area contributed by atoms with Crippen LogP contribution in [0.5, 0.6) is 0 Å². The molecule has 1 unspecified atom stereocenters. The van der Waals surface area contributed by atoms with Gasteiger partial charge in [0.2, 0.25) is 0 Å². The van der Waals surface area contributed by atoms with Gasteiger partial charge in [-0.15, -0.1) is 11.3 Å². The van der Waals surface area contributed by atoms with Crippen LogP contribution in [-0.2, 0) is 6.54 Å². The predicted molar refractivity (Wildman–Crippen MR) is 52.6 cm³/mol. The zero-order valence-corrected chi connectivity index (χ0v) is 8.33. The van der Waals surface area contributed by atoms with Crippen LogP contribution >= 0.6 is 11.3 Å². The van der Waals surface area contributed by atoms with Gasteiger partial charge in [0.25, 0.3) is 0 Å². The minimum Gasteiger partial charge on any atom is -0.395 e. The van der Waals surface area contributed by atoms with Crippen molar-refractivity contribution in [2.24, 2.45) is 0 Å². The minimum atomic E-state index is 0.283. The lowest BCUT2D eigenvalue weighted by molar-refractivity contribution is 0.153. The summed E-state index contributed by atoms with van der Waals surface area (Å²) in [4.78, 5) is 6.56. The molecule has 13 heavy (non-hydrogen) atoms. The maximum absolute atomic E-state index is 9.11. The molecule has 2 rings (SSSR count). The molecular weight excluding hydrogens is 184 g/mol. The van der Waals surface area contributed by atoms with Crippen LogP contribution in [0.1, 0.15) is 17.8 Å². The molecule has 1 aliphatic heterocycles. The van der Waals surface area contributed by atoms with E-state index in [0.717, 1.165) is 24.5 Å². The highest BCUT2D eigenvalue weighted by molar-refractivity contribution is 7.09. The molecule has 3 nitrogen and oxygen atoms in total. The largest absolute Gasteiger partial charge is 0.395 e. The molecule has 0 bridgehead atoms. The highest BCUT2D eigenvalue weighted by Gasteiger charge is 2.23. The normalized spacial score (nSPS) is 23.9. The van der Waals surface area contributed by atoms with Gasteiger partial charge >= 0.3 is 0 Å². The third-order valence-corrected chi connectivity index (χ3v) is 3.30. The van der Waals surface area contributed by atoms with Gasteiger partial charge in [0.05, 0.1) is 13.2 Å². The van der Waals surface area contributed by atoms with Crippen LogP contribution in [0.25, 0.3) is 0 Å². The molecule has 0 amide bonds. The number of thiazole rings is 1. The second kappa shape index (κ2) is 4.17. The Labute approximate surface area is 82.0 Å². The summed E-state index contributed by atoms with van der Waals surface area (Å²) in [5.41, 5.74) is 0. The molecule has 1 aromatic rings. The van der Waals surface area contributed by atoms with Crippen LogP contribution in [0, 0.1) is 0 Å². The molecule has 0 aromatic carbocycles. The van der Waals surface area contributed by atoms with E-state index in [1.807, 2.05) is 11.6 Å². The Morgan fingerprint density at radius 3 is 3.31 bits per heavy atom. The van der Waals surface area contributed by atoms with E-state index >= 15 is 0 Å². The van der Waals surface area contributed by atoms with Crippen LogP contribution in [0.3, 0.4) is 0 Å². The molecule has 72 valence electrons. The second-order valence-electron chi connectivity index (χ2n) is 3.37. The molecule has 0 spiro atoms. The van der Waals surface area contributed by atoms with Crippen molar-refractivity contribution in [2.45, 2.75) is 25.4 Å². The predicted octanol–water partition coefficient (Wildman–Crippen LogP) is 1.10. The molecular formula is C9H14N2OS. The highest BCUT2D eigenvalue weighted by Crippen LogP contribution is 2.20. The van der Waals surface area contributed by atoms with Crippen LogP contribution in [0.4, 0.5) is 0 Å². The summed E-state index contributed by atoms with van der Waals surface area (Å²) in [6, 6.07) is 0.365. The number of aliphatic hydroxyl groups is 1. The summed E-state index contributed by atoms with van der Waals surface area (Å²) < 4.78 is 0. The SMILES string of the molecule is OCC1CCCN1Cc1nccs1. The van der Waals surface area contributed by atoms with E-state index in [9.17, 15) is 0 Å². The average Bonchev–Trinajstić information content (AvgIpc) is 2.76. The van der Waals surface area contributed by atoms with Crippen LogP contribution in [-0.4, -0.2) is 34.2 Å². The molecule has 1 fully saturated rings. The Hall–Kier alpha value is -0.450. The highest BCUT2D eigenvalue weighted by atomic mass is 32.1. The zero-order chi connectivity index (χ0) is 9.10. The standard InChI is InChI=1S/C9H14N2OS/c12-7-8-2-1-4-11(8)6-9-10-3-5-13-9/h3,5,8,12H,1-2,4,6-7H2. The van der Waals surface area contributed by atoms with Crippen molar-refractivity contribution in [3.05, 3.63) is 16.6 Å². The van der Waals surface area contributed by atoms with Gasteiger partial charge in [-0.3, -0.25) is 4.90 Å². The van der Waals surface area contributed by atoms with Crippen LogP contribution in [0.2, 0.25) is 0 Å². The number of likely N-dealkylation sites (tertiary alicyclic amines) is 1. The third kappa shape index (κ3) is 2.07. The van der Waals surface area contributed by atoms with E-state index < -0.39 is 0 Å². The molecule has 4 heteroatoms. The van der Waals surface area contributed by atoms with Gasteiger partial charge in [0, 0.05) is 17.6 Å². The summed E-state index contributed by atoms with van der Waals surface area (Å²) in [6.45, 7) is 2.29. The Kier molecular flexibility index (Phi) is 2.93. The summed E-state index contributed by atoms with van der Waals surface area (Å²) in [6.07, 6.45) is 4.17. The fraction of sp³-hybridized carbons (Fsp3) is 0.667. The van der Waals surface area contributed by atoms with Crippen molar-refractivity contribution >= 4 is 11.3 Å². The Balaban J connectivity index is 1.94. The maximum Gasteiger partial charge on any atom is 0.107 e. The van der Waals surface area contributed by atoms with Gasteiger partial charge in [-0.25, -0.2) is 4.98 Å². The molecule has 0 saturated carbocycles. The number of aliphatic hydroxyl groups excluding tert-OH is 1. The first-order valence-electron chi connectivity index (χ1n) is 4.63. The lowest BCUT2D eigenvalue weighted by Gasteiger charge is -2.20. The molecule has 1 atom stereocenters. The van der Waals surface area contributed by atoms with E-state index in [1.165, 1.54) is 6.42 Å². The van der Waals surface area contributed by atoms with E-state index in [1.54, 1.807) is 11.3 Å². The first-order chi connectivity index (χ1) is 6.40. The summed E-state index contributed by atoms with van der Waals surface area (Å²) in [5, 5.41) is 12.3. The van der Waals surface area contributed by atoms with Crippen molar-refractivity contribution in [1.82, 2.24) is 9.88 Å². The zero-order valence-electron chi connectivity index (χ0n) is 7.52. The quantitative estimate of drug-likeness (QED) is 0.790. The van der Waals surface area contributed by atoms with Crippen molar-refractivity contribution in [2.75, 3.05) is 13.2 Å². The number of hydrogen-bond acceptors (Lipinski definition) is 4. The van der Waals surface area contributed by atoms with Crippen LogP contribution in [0.15, 0.2) is 11.6 Å². The van der Waals surface area contributed by atoms with E-state index in [2.05, 4.69) is 9.88 Å². The first kappa shape index (κ1) is 9.12. The smallest absolute Gasteiger partial charge is 0.107 e. The summed E-state index contributed by atoms with van der Waals surface area (Å²) >= 11 is 1.69. The molecule has 1 aliphatic rings. The monoisotopic (exact) mass is 198 g/mol. The topological polar surface area (TPSA) is 36.4 Å². The van der Waals surface area contributed by atoms with Crippen molar-refractivity contribution < 1.29 is 5.11 Å². The molecule has 1 saturated heterocycles. The fourth-order valence-corrected chi connectivity index (χ4v) is 2.46. The number of hydrogen-bond donors (Lipinski definition) is 1. The van der Waals surface area contributed by atoms with Crippen molar-refractivity contribution in [3.63, 3.8) is 0 Å². The third-order valence-electron chi connectivity index (χ3n) is 2.53. The van der Waals surface area contributed by atoms with E-state index in [4.69, 9.17) is 5.11 Å². The fourth-order valence-electron chi connectivity index (χ4n) is 1.81. The van der Waals surface area contributed by atoms with Gasteiger partial charge in [-0.2, -0.15) is 0 Å². The Bertz CT molecular complexity index is 250. The maximum atomic E-state index is 9.11. The molecule has 1 N–H and O–H groups in total. The van der Waals surface area contributed by atoms with Gasteiger partial charge < -0.3 is 5.11 Å². The van der Waals surface area contributed by atoms with Gasteiger partial charge in [0.15, 0.2) is 0 Å². The molecule has 0 radical (unpaired) electrons. The van der Waals surface area contributed by atoms with E-state index in [0.29, 0.717) is 6.04 Å². The van der Waals surface area contributed by atoms with Crippen LogP contribution < -0.4 is 0 Å². The summed E-state index contributed by atoms with van der Waals surface area (Å²) in [7, 11) is 0. The lowest BCUT2D eigenvalue weighted by Crippen LogP contribution is -2.31. The van der Waals surface area contributed by atoms with E-state index in [-0.39, 0.29) is 6.61 Å². The Morgan fingerprint density at radius 1 is 1.69 bits per heavy atom. The van der Waals surface area contributed by atoms with Crippen molar-refractivity contribution in [3.8, 4) is 0 Å². The molecule has 0 aliphatic carbocycles. The first-order valence-corrected chi connectivity index (χ1v) is 5.51. The van der Waals surface area contributed by atoms with Crippen molar-refractivity contribution in [1.29, 1.82) is 0 Å². The van der Waals surface area contributed by atoms with Gasteiger partial charge in [-0.1, -0.05) is 0 Å².